The zero-order valence-electron chi connectivity index (χ0n) is 0.724. The topological polar surface area (TPSA) is 0 Å². The van der Waals surface area contributed by atoms with Gasteiger partial charge >= 0.3 is 0 Å². The molecule has 0 rings (SSSR count). The third-order valence-electron chi connectivity index (χ3n) is 0. The molecule has 0 spiro atoms. The first-order chi connectivity index (χ1) is 0. The van der Waals surface area contributed by atoms with Crippen molar-refractivity contribution in [1.82, 2.24) is 0 Å². The van der Waals surface area contributed by atoms with E-state index in [1.54, 1.807) is 0 Å². The quantitative estimate of drug-likeness (QED) is 0.357. The Labute approximate surface area is 68.0 Å². The molecule has 0 aromatic carbocycles. The number of rotatable bonds is 0. The van der Waals surface area contributed by atoms with E-state index >= 15 is 0 Å². The van der Waals surface area contributed by atoms with Gasteiger partial charge in [0.05, 0.1) is 0 Å². The molecule has 0 saturated carbocycles. The predicted molar refractivity (Wildman–Crippen MR) is 19.9 cm³/mol. The summed E-state index contributed by atoms with van der Waals surface area (Å²) in [7, 11) is 0. The van der Waals surface area contributed by atoms with Gasteiger partial charge in [-0.05, 0) is 0 Å². The Morgan fingerprint density at radius 2 is 0.750 bits per heavy atom. The van der Waals surface area contributed by atoms with Gasteiger partial charge in [0, 0.05) is 33.9 Å². The molecule has 0 bridgehead atoms. The number of hydrogen-bond donors (Lipinski definition) is 0. The summed E-state index contributed by atoms with van der Waals surface area (Å²) in [5.41, 5.74) is 0. The summed E-state index contributed by atoms with van der Waals surface area (Å²) in [5, 5.41) is 0. The molecule has 0 aromatic rings. The van der Waals surface area contributed by atoms with Crippen LogP contribution in [0.4, 0.5) is 0 Å². The Kier molecular flexibility index (Phi) is 176. The Balaban J connectivity index is 0. The average Bonchev–Trinajstić information content (AvgIpc) is 0. The third-order valence-corrected chi connectivity index (χ3v) is 0. The third kappa shape index (κ3) is 8.94. The van der Waals surface area contributed by atoms with Gasteiger partial charge in [0.1, 0.15) is 0 Å². The molecule has 0 atom stereocenters. The van der Waals surface area contributed by atoms with Crippen molar-refractivity contribution < 1.29 is 33.9 Å². The molecule has 0 radical (unpaired) electrons. The predicted octanol–water partition coefficient (Wildman–Crippen LogP) is -2.37. The van der Waals surface area contributed by atoms with Crippen molar-refractivity contribution in [2.24, 2.45) is 0 Å². The molecular formula is H6Al2CrNi. The zero-order chi connectivity index (χ0) is 0. The largest absolute Gasteiger partial charge is 0.187 e. The van der Waals surface area contributed by atoms with Crippen molar-refractivity contribution >= 4 is 34.7 Å². The molecule has 4 heteroatoms. The molecular weight excluding hydrogens is 165 g/mol. The molecule has 0 aliphatic rings. The van der Waals surface area contributed by atoms with Gasteiger partial charge in [-0.15, -0.1) is 0 Å². The van der Waals surface area contributed by atoms with Crippen LogP contribution in [-0.4, -0.2) is 34.7 Å². The molecule has 0 aliphatic heterocycles. The second-order valence-electron chi connectivity index (χ2n) is 0. The van der Waals surface area contributed by atoms with E-state index in [2.05, 4.69) is 0 Å². The van der Waals surface area contributed by atoms with Crippen LogP contribution in [0.15, 0.2) is 0 Å². The van der Waals surface area contributed by atoms with Gasteiger partial charge in [-0.25, -0.2) is 0 Å². The van der Waals surface area contributed by atoms with Crippen LogP contribution in [0.25, 0.3) is 0 Å². The van der Waals surface area contributed by atoms with Gasteiger partial charge in [-0.3, -0.25) is 0 Å². The van der Waals surface area contributed by atoms with Crippen molar-refractivity contribution in [3.05, 3.63) is 0 Å². The van der Waals surface area contributed by atoms with E-state index in [1.165, 1.54) is 0 Å². The Morgan fingerprint density at radius 1 is 0.750 bits per heavy atom. The fourth-order valence-electron chi connectivity index (χ4n) is 0. The molecule has 0 unspecified atom stereocenters. The Morgan fingerprint density at radius 3 is 0.750 bits per heavy atom. The van der Waals surface area contributed by atoms with E-state index in [9.17, 15) is 0 Å². The number of hydrogen-bond acceptors (Lipinski definition) is 0. The summed E-state index contributed by atoms with van der Waals surface area (Å²) in [6.07, 6.45) is 0. The normalized spacial score (nSPS) is 0. The Hall–Kier alpha value is 2.09. The van der Waals surface area contributed by atoms with Crippen molar-refractivity contribution in [3.8, 4) is 0 Å². The first kappa shape index (κ1) is 36.1. The van der Waals surface area contributed by atoms with Gasteiger partial charge in [-0.1, -0.05) is 0 Å². The molecule has 0 aromatic heterocycles. The van der Waals surface area contributed by atoms with E-state index in [4.69, 9.17) is 0 Å². The van der Waals surface area contributed by atoms with Gasteiger partial charge in [0.2, 0.25) is 0 Å². The second-order valence-corrected chi connectivity index (χ2v) is 0. The van der Waals surface area contributed by atoms with Gasteiger partial charge in [0.15, 0.2) is 34.7 Å². The van der Waals surface area contributed by atoms with E-state index < -0.39 is 0 Å². The van der Waals surface area contributed by atoms with E-state index in [1.807, 2.05) is 0 Å². The minimum Gasteiger partial charge on any atom is 0 e. The van der Waals surface area contributed by atoms with Crippen molar-refractivity contribution in [2.45, 2.75) is 0 Å². The minimum atomic E-state index is 0. The maximum atomic E-state index is 0. The zero-order valence-corrected chi connectivity index (χ0v) is 2.99. The van der Waals surface area contributed by atoms with Crippen LogP contribution < -0.4 is 0 Å². The first-order valence-electron chi connectivity index (χ1n) is 0. The molecule has 0 N–H and O–H groups in total. The second kappa shape index (κ2) is 19.5. The van der Waals surface area contributed by atoms with E-state index in [0.29, 0.717) is 0 Å². The van der Waals surface area contributed by atoms with Crippen molar-refractivity contribution in [2.75, 3.05) is 0 Å². The molecule has 28 valence electrons. The summed E-state index contributed by atoms with van der Waals surface area (Å²) < 4.78 is 0. The van der Waals surface area contributed by atoms with Crippen LogP contribution in [0.3, 0.4) is 0 Å². The van der Waals surface area contributed by atoms with Crippen molar-refractivity contribution in [1.29, 1.82) is 0 Å². The monoisotopic (exact) mass is 170 g/mol. The van der Waals surface area contributed by atoms with E-state index in [-0.39, 0.29) is 68.6 Å². The van der Waals surface area contributed by atoms with Crippen LogP contribution in [0.5, 0.6) is 0 Å². The summed E-state index contributed by atoms with van der Waals surface area (Å²) in [6, 6.07) is 0. The molecule has 0 fully saturated rings. The van der Waals surface area contributed by atoms with Crippen molar-refractivity contribution in [3.63, 3.8) is 0 Å². The molecule has 0 heterocycles. The molecule has 0 saturated heterocycles. The summed E-state index contributed by atoms with van der Waals surface area (Å²) in [6.45, 7) is 0. The summed E-state index contributed by atoms with van der Waals surface area (Å²) in [5.74, 6) is 0. The smallest absolute Gasteiger partial charge is 0 e. The molecule has 4 heavy (non-hydrogen) atoms. The maximum Gasteiger partial charge on any atom is 0.187 e. The fraction of sp³-hybridized carbons (Fsp3) is 0. The van der Waals surface area contributed by atoms with Crippen LogP contribution in [0.2, 0.25) is 0 Å². The Bertz CT molecular complexity index is 6.00. The average molecular weight is 171 g/mol. The summed E-state index contributed by atoms with van der Waals surface area (Å²) >= 11 is 0. The molecule has 0 aliphatic carbocycles. The van der Waals surface area contributed by atoms with Crippen LogP contribution in [0, 0.1) is 0 Å². The van der Waals surface area contributed by atoms with Gasteiger partial charge < -0.3 is 0 Å². The fourth-order valence-corrected chi connectivity index (χ4v) is 0. The maximum absolute atomic E-state index is 0. The van der Waals surface area contributed by atoms with E-state index in [0.717, 1.165) is 0 Å². The van der Waals surface area contributed by atoms with Crippen LogP contribution in [0.1, 0.15) is 0 Å². The van der Waals surface area contributed by atoms with Crippen LogP contribution in [-0.2, 0) is 33.9 Å². The molecule has 0 nitrogen and oxygen atoms in total. The van der Waals surface area contributed by atoms with Crippen LogP contribution >= 0.6 is 0 Å². The molecule has 0 amide bonds. The minimum absolute atomic E-state index is 0. The van der Waals surface area contributed by atoms with Gasteiger partial charge in [-0.2, -0.15) is 0 Å². The SMILES string of the molecule is [AlH3].[AlH3].[Cr].[Ni]. The van der Waals surface area contributed by atoms with Gasteiger partial charge in [0.25, 0.3) is 0 Å². The standard InChI is InChI=1S/2Al.Cr.Ni.6H. The summed E-state index contributed by atoms with van der Waals surface area (Å²) in [4.78, 5) is 0. The first-order valence-corrected chi connectivity index (χ1v) is 0.